The van der Waals surface area contributed by atoms with Gasteiger partial charge in [0, 0.05) is 7.05 Å². The minimum absolute atomic E-state index is 0.593. The zero-order valence-electron chi connectivity index (χ0n) is 7.44. The third-order valence-corrected chi connectivity index (χ3v) is 2.23. The van der Waals surface area contributed by atoms with Crippen LogP contribution in [0.1, 0.15) is 6.92 Å². The van der Waals surface area contributed by atoms with Gasteiger partial charge in [0.25, 0.3) is 0 Å². The highest BCUT2D eigenvalue weighted by atomic mass is 35.5. The summed E-state index contributed by atoms with van der Waals surface area (Å²) in [7, 11) is 1.70. The lowest BCUT2D eigenvalue weighted by atomic mass is 10.3. The Hall–Kier alpha value is -0.730. The first-order chi connectivity index (χ1) is 6.15. The molecule has 1 rings (SSSR count). The zero-order valence-corrected chi connectivity index (χ0v) is 8.95. The van der Waals surface area contributed by atoms with Gasteiger partial charge in [0.1, 0.15) is 0 Å². The molecule has 0 unspecified atom stereocenters. The van der Waals surface area contributed by atoms with Gasteiger partial charge < -0.3 is 5.32 Å². The molecule has 4 heteroatoms. The number of hydrogen-bond donors (Lipinski definition) is 1. The summed E-state index contributed by atoms with van der Waals surface area (Å²) in [6, 6.07) is 5.35. The van der Waals surface area contributed by atoms with Gasteiger partial charge >= 0.3 is 0 Å². The highest BCUT2D eigenvalue weighted by Gasteiger charge is 2.04. The maximum atomic E-state index is 5.93. The molecule has 0 aliphatic carbocycles. The Bertz CT molecular complexity index is 314. The van der Waals surface area contributed by atoms with Gasteiger partial charge in [0.15, 0.2) is 0 Å². The lowest BCUT2D eigenvalue weighted by molar-refractivity contribution is 1.40. The molecule has 70 valence electrons. The minimum atomic E-state index is 0.593. The lowest BCUT2D eigenvalue weighted by Crippen LogP contribution is -2.07. The van der Waals surface area contributed by atoms with Gasteiger partial charge in [0.2, 0.25) is 0 Å². The Labute approximate surface area is 87.6 Å². The monoisotopic (exact) mass is 216 g/mol. The average Bonchev–Trinajstić information content (AvgIpc) is 2.11. The van der Waals surface area contributed by atoms with E-state index in [-0.39, 0.29) is 0 Å². The van der Waals surface area contributed by atoms with Crippen LogP contribution in [0, 0.1) is 0 Å². The van der Waals surface area contributed by atoms with Crippen molar-refractivity contribution in [2.24, 2.45) is 4.99 Å². The molecule has 0 amide bonds. The number of amidine groups is 1. The Balaban J connectivity index is 3.00. The first-order valence-electron chi connectivity index (χ1n) is 3.79. The average molecular weight is 217 g/mol. The molecule has 0 saturated carbocycles. The standard InChI is InChI=1S/C9H10Cl2N2/c1-6(12-2)13-9-7(10)4-3-5-8(9)11/h3-5H,1-2H3,(H,12,13). The smallest absolute Gasteiger partial charge is 0.0972 e. The van der Waals surface area contributed by atoms with Gasteiger partial charge in [0.05, 0.1) is 21.6 Å². The summed E-state index contributed by atoms with van der Waals surface area (Å²) >= 11 is 11.9. The van der Waals surface area contributed by atoms with E-state index in [0.29, 0.717) is 15.7 Å². The van der Waals surface area contributed by atoms with Gasteiger partial charge in [-0.1, -0.05) is 29.3 Å². The SMILES string of the molecule is CN=C(C)Nc1c(Cl)cccc1Cl. The van der Waals surface area contributed by atoms with Crippen LogP contribution in [0.5, 0.6) is 0 Å². The number of halogens is 2. The van der Waals surface area contributed by atoms with Crippen molar-refractivity contribution in [2.45, 2.75) is 6.92 Å². The first-order valence-corrected chi connectivity index (χ1v) is 4.55. The number of rotatable bonds is 1. The summed E-state index contributed by atoms with van der Waals surface area (Å²) in [5.74, 6) is 0.773. The highest BCUT2D eigenvalue weighted by Crippen LogP contribution is 2.29. The second kappa shape index (κ2) is 4.49. The molecule has 1 N–H and O–H groups in total. The van der Waals surface area contributed by atoms with Crippen LogP contribution in [0.15, 0.2) is 23.2 Å². The summed E-state index contributed by atoms with van der Waals surface area (Å²) in [5.41, 5.74) is 0.703. The van der Waals surface area contributed by atoms with Gasteiger partial charge in [-0.3, -0.25) is 4.99 Å². The van der Waals surface area contributed by atoms with E-state index in [1.54, 1.807) is 25.2 Å². The molecule has 0 heterocycles. The Morgan fingerprint density at radius 2 is 1.85 bits per heavy atom. The fraction of sp³-hybridized carbons (Fsp3) is 0.222. The van der Waals surface area contributed by atoms with E-state index in [0.717, 1.165) is 5.84 Å². The van der Waals surface area contributed by atoms with Crippen molar-refractivity contribution in [2.75, 3.05) is 12.4 Å². The van der Waals surface area contributed by atoms with Crippen LogP contribution in [0.2, 0.25) is 10.0 Å². The quantitative estimate of drug-likeness (QED) is 0.565. The maximum absolute atomic E-state index is 5.93. The minimum Gasteiger partial charge on any atom is -0.342 e. The fourth-order valence-electron chi connectivity index (χ4n) is 0.854. The third-order valence-electron chi connectivity index (χ3n) is 1.60. The predicted molar refractivity (Wildman–Crippen MR) is 59.1 cm³/mol. The summed E-state index contributed by atoms with van der Waals surface area (Å²) in [6.45, 7) is 1.85. The molecule has 0 saturated heterocycles. The molecule has 0 aliphatic rings. The van der Waals surface area contributed by atoms with Crippen LogP contribution in [-0.4, -0.2) is 12.9 Å². The zero-order chi connectivity index (χ0) is 9.84. The molecule has 1 aromatic carbocycles. The summed E-state index contributed by atoms with van der Waals surface area (Å²) in [5, 5.41) is 4.20. The van der Waals surface area contributed by atoms with Crippen molar-refractivity contribution in [1.82, 2.24) is 0 Å². The van der Waals surface area contributed by atoms with Crippen LogP contribution in [0.4, 0.5) is 5.69 Å². The second-order valence-corrected chi connectivity index (χ2v) is 3.35. The van der Waals surface area contributed by atoms with E-state index >= 15 is 0 Å². The van der Waals surface area contributed by atoms with E-state index in [9.17, 15) is 0 Å². The van der Waals surface area contributed by atoms with Crippen LogP contribution >= 0.6 is 23.2 Å². The third kappa shape index (κ3) is 2.61. The highest BCUT2D eigenvalue weighted by molar-refractivity contribution is 6.39. The van der Waals surface area contributed by atoms with E-state index in [2.05, 4.69) is 10.3 Å². The second-order valence-electron chi connectivity index (χ2n) is 2.53. The predicted octanol–water partition coefficient (Wildman–Crippen LogP) is 3.45. The Morgan fingerprint density at radius 3 is 2.31 bits per heavy atom. The van der Waals surface area contributed by atoms with Gasteiger partial charge in [-0.2, -0.15) is 0 Å². The Morgan fingerprint density at radius 1 is 1.31 bits per heavy atom. The van der Waals surface area contributed by atoms with E-state index < -0.39 is 0 Å². The molecular formula is C9H10Cl2N2. The molecular weight excluding hydrogens is 207 g/mol. The van der Waals surface area contributed by atoms with Crippen LogP contribution in [-0.2, 0) is 0 Å². The van der Waals surface area contributed by atoms with E-state index in [1.807, 2.05) is 6.92 Å². The van der Waals surface area contributed by atoms with E-state index in [4.69, 9.17) is 23.2 Å². The molecule has 1 aromatic rings. The van der Waals surface area contributed by atoms with Crippen molar-refractivity contribution in [3.8, 4) is 0 Å². The molecule has 13 heavy (non-hydrogen) atoms. The van der Waals surface area contributed by atoms with Crippen LogP contribution in [0.3, 0.4) is 0 Å². The maximum Gasteiger partial charge on any atom is 0.0972 e. The number of nitrogens with one attached hydrogen (secondary N) is 1. The number of para-hydroxylation sites is 1. The van der Waals surface area contributed by atoms with Crippen LogP contribution in [0.25, 0.3) is 0 Å². The van der Waals surface area contributed by atoms with Gasteiger partial charge in [-0.25, -0.2) is 0 Å². The lowest BCUT2D eigenvalue weighted by Gasteiger charge is -2.08. The molecule has 2 nitrogen and oxygen atoms in total. The number of nitrogens with zero attached hydrogens (tertiary/aromatic N) is 1. The van der Waals surface area contributed by atoms with Crippen molar-refractivity contribution in [1.29, 1.82) is 0 Å². The summed E-state index contributed by atoms with van der Waals surface area (Å²) in [6.07, 6.45) is 0. The Kier molecular flexibility index (Phi) is 3.58. The molecule has 0 radical (unpaired) electrons. The summed E-state index contributed by atoms with van der Waals surface area (Å²) in [4.78, 5) is 3.95. The topological polar surface area (TPSA) is 24.4 Å². The molecule has 0 spiro atoms. The van der Waals surface area contributed by atoms with Gasteiger partial charge in [-0.15, -0.1) is 0 Å². The molecule has 0 atom stereocenters. The van der Waals surface area contributed by atoms with Crippen molar-refractivity contribution in [3.63, 3.8) is 0 Å². The normalized spacial score (nSPS) is 11.5. The van der Waals surface area contributed by atoms with Crippen molar-refractivity contribution < 1.29 is 0 Å². The van der Waals surface area contributed by atoms with E-state index in [1.165, 1.54) is 0 Å². The number of anilines is 1. The van der Waals surface area contributed by atoms with Gasteiger partial charge in [-0.05, 0) is 19.1 Å². The van der Waals surface area contributed by atoms with Crippen LogP contribution < -0.4 is 5.32 Å². The number of hydrogen-bond acceptors (Lipinski definition) is 1. The molecule has 0 aromatic heterocycles. The van der Waals surface area contributed by atoms with Crippen molar-refractivity contribution >= 4 is 34.7 Å². The molecule has 0 bridgehead atoms. The largest absolute Gasteiger partial charge is 0.342 e. The first kappa shape index (κ1) is 10.4. The number of aliphatic imine (C=N–C) groups is 1. The summed E-state index contributed by atoms with van der Waals surface area (Å²) < 4.78 is 0. The molecule has 0 aliphatic heterocycles. The molecule has 0 fully saturated rings. The fourth-order valence-corrected chi connectivity index (χ4v) is 1.35. The number of benzene rings is 1. The van der Waals surface area contributed by atoms with Crippen molar-refractivity contribution in [3.05, 3.63) is 28.2 Å².